The number of furan rings is 1. The van der Waals surface area contributed by atoms with Crippen molar-refractivity contribution in [2.45, 2.75) is 26.2 Å². The highest BCUT2D eigenvalue weighted by Gasteiger charge is 2.38. The molecule has 1 aliphatic rings. The van der Waals surface area contributed by atoms with E-state index in [9.17, 15) is 9.59 Å². The van der Waals surface area contributed by atoms with Crippen LogP contribution in [0.15, 0.2) is 82.0 Å². The van der Waals surface area contributed by atoms with Gasteiger partial charge in [-0.2, -0.15) is 5.26 Å². The molecular formula is C25H24N2O5. The summed E-state index contributed by atoms with van der Waals surface area (Å²) < 4.78 is 16.0. The van der Waals surface area contributed by atoms with Crippen molar-refractivity contribution in [3.63, 3.8) is 0 Å². The van der Waals surface area contributed by atoms with Crippen molar-refractivity contribution < 1.29 is 23.5 Å². The third-order valence-corrected chi connectivity index (χ3v) is 4.94. The average Bonchev–Trinajstić information content (AvgIpc) is 3.31. The molecular weight excluding hydrogens is 408 g/mol. The van der Waals surface area contributed by atoms with E-state index in [1.54, 1.807) is 26.0 Å². The van der Waals surface area contributed by atoms with Crippen LogP contribution < -0.4 is 5.32 Å². The number of nitrogens with zero attached hydrogens (tertiary/aromatic N) is 1. The van der Waals surface area contributed by atoms with Crippen molar-refractivity contribution >= 4 is 18.0 Å². The number of nitrogens with one attached hydrogen (secondary N) is 1. The second-order valence-electron chi connectivity index (χ2n) is 7.15. The first kappa shape index (κ1) is 22.6. The van der Waals surface area contributed by atoms with Crippen LogP contribution in [0.5, 0.6) is 0 Å². The first-order valence-electron chi connectivity index (χ1n) is 10.2. The highest BCUT2D eigenvalue weighted by molar-refractivity contribution is 5.99. The van der Waals surface area contributed by atoms with Gasteiger partial charge in [0.25, 0.3) is 0 Å². The molecule has 32 heavy (non-hydrogen) atoms. The summed E-state index contributed by atoms with van der Waals surface area (Å²) in [6, 6.07) is 13.3. The summed E-state index contributed by atoms with van der Waals surface area (Å²) in [7, 11) is 0. The number of dihydropyridines is 1. The number of esters is 2. The predicted octanol–water partition coefficient (Wildman–Crippen LogP) is 4.23. The van der Waals surface area contributed by atoms with Crippen LogP contribution in [0.25, 0.3) is 6.08 Å². The molecule has 1 aromatic carbocycles. The van der Waals surface area contributed by atoms with Gasteiger partial charge in [0.2, 0.25) is 0 Å². The molecule has 0 saturated heterocycles. The molecule has 2 heterocycles. The van der Waals surface area contributed by atoms with Gasteiger partial charge in [-0.1, -0.05) is 36.4 Å². The summed E-state index contributed by atoms with van der Waals surface area (Å²) in [4.78, 5) is 25.9. The molecule has 0 bridgehead atoms. The van der Waals surface area contributed by atoms with Crippen LogP contribution >= 0.6 is 0 Å². The first-order chi connectivity index (χ1) is 15.5. The van der Waals surface area contributed by atoms with E-state index in [1.807, 2.05) is 42.5 Å². The summed E-state index contributed by atoms with van der Waals surface area (Å²) in [5, 5.41) is 11.8. The Morgan fingerprint density at radius 1 is 1.09 bits per heavy atom. The lowest BCUT2D eigenvalue weighted by molar-refractivity contribution is -0.139. The van der Waals surface area contributed by atoms with Crippen LogP contribution in [0.4, 0.5) is 0 Å². The molecule has 1 unspecified atom stereocenters. The lowest BCUT2D eigenvalue weighted by Gasteiger charge is -2.29. The molecule has 1 aliphatic heterocycles. The molecule has 7 heteroatoms. The molecule has 0 saturated carbocycles. The minimum atomic E-state index is -0.713. The van der Waals surface area contributed by atoms with Crippen LogP contribution in [0.1, 0.15) is 37.3 Å². The topological polar surface area (TPSA) is 102 Å². The molecule has 0 amide bonds. The van der Waals surface area contributed by atoms with Crippen LogP contribution in [-0.2, 0) is 19.1 Å². The molecule has 0 fully saturated rings. The Balaban J connectivity index is 1.82. The number of hydrogen-bond acceptors (Lipinski definition) is 7. The number of allylic oxidation sites excluding steroid dienone is 2. The molecule has 1 aromatic heterocycles. The van der Waals surface area contributed by atoms with Crippen LogP contribution in [-0.4, -0.2) is 25.2 Å². The Morgan fingerprint density at radius 3 is 2.41 bits per heavy atom. The number of carbonyl (C=O) groups is 2. The molecule has 1 N–H and O–H groups in total. The van der Waals surface area contributed by atoms with Gasteiger partial charge in [-0.25, -0.2) is 9.59 Å². The smallest absolute Gasteiger partial charge is 0.337 e. The zero-order valence-corrected chi connectivity index (χ0v) is 18.0. The lowest BCUT2D eigenvalue weighted by atomic mass is 9.81. The Labute approximate surface area is 186 Å². The molecule has 164 valence electrons. The fourth-order valence-corrected chi connectivity index (χ4v) is 3.52. The number of rotatable bonds is 8. The van der Waals surface area contributed by atoms with E-state index in [4.69, 9.17) is 19.2 Å². The molecule has 7 nitrogen and oxygen atoms in total. The van der Waals surface area contributed by atoms with E-state index in [0.29, 0.717) is 22.5 Å². The highest BCUT2D eigenvalue weighted by atomic mass is 16.5. The van der Waals surface area contributed by atoms with Gasteiger partial charge in [0, 0.05) is 17.0 Å². The van der Waals surface area contributed by atoms with Gasteiger partial charge in [-0.3, -0.25) is 0 Å². The summed E-state index contributed by atoms with van der Waals surface area (Å²) in [6.45, 7) is 3.54. The maximum atomic E-state index is 13.1. The zero-order chi connectivity index (χ0) is 22.9. The number of benzene rings is 1. The number of nitriles is 1. The van der Waals surface area contributed by atoms with Crippen molar-refractivity contribution in [3.8, 4) is 6.07 Å². The highest BCUT2D eigenvalue weighted by Crippen LogP contribution is 2.39. The Bertz CT molecular complexity index is 1090. The van der Waals surface area contributed by atoms with Gasteiger partial charge in [0.05, 0.1) is 42.1 Å². The van der Waals surface area contributed by atoms with Gasteiger partial charge in [-0.15, -0.1) is 0 Å². The minimum absolute atomic E-state index is 0.0308. The van der Waals surface area contributed by atoms with Crippen molar-refractivity contribution in [1.29, 1.82) is 5.26 Å². The average molecular weight is 432 g/mol. The van der Waals surface area contributed by atoms with E-state index in [2.05, 4.69) is 5.32 Å². The molecule has 0 aliphatic carbocycles. The summed E-state index contributed by atoms with van der Waals surface area (Å²) in [6.07, 6.45) is 6.67. The summed E-state index contributed by atoms with van der Waals surface area (Å²) in [5.41, 5.74) is 3.36. The SMILES string of the molecule is CC1=C(C(=O)OCC=Cc2ccccc2)C(c2ccoc2)C(C(=O)OCCC#N)=C(C)N1. The lowest BCUT2D eigenvalue weighted by Crippen LogP contribution is -2.32. The van der Waals surface area contributed by atoms with Gasteiger partial charge < -0.3 is 19.2 Å². The van der Waals surface area contributed by atoms with E-state index < -0.39 is 17.9 Å². The fraction of sp³-hybridized carbons (Fsp3) is 0.240. The zero-order valence-electron chi connectivity index (χ0n) is 18.0. The molecule has 3 rings (SSSR count). The van der Waals surface area contributed by atoms with E-state index in [0.717, 1.165) is 5.56 Å². The quantitative estimate of drug-likeness (QED) is 0.492. The van der Waals surface area contributed by atoms with Crippen molar-refractivity contribution in [3.05, 3.63) is 88.7 Å². The van der Waals surface area contributed by atoms with E-state index >= 15 is 0 Å². The normalized spacial score (nSPS) is 16.0. The third kappa shape index (κ3) is 5.35. The van der Waals surface area contributed by atoms with Crippen LogP contribution in [0.3, 0.4) is 0 Å². The molecule has 0 spiro atoms. The van der Waals surface area contributed by atoms with Gasteiger partial charge in [0.1, 0.15) is 13.2 Å². The third-order valence-electron chi connectivity index (χ3n) is 4.94. The predicted molar refractivity (Wildman–Crippen MR) is 118 cm³/mol. The number of carbonyl (C=O) groups excluding carboxylic acids is 2. The maximum Gasteiger partial charge on any atom is 0.337 e. The summed E-state index contributed by atoms with van der Waals surface area (Å²) >= 11 is 0. The molecule has 0 radical (unpaired) electrons. The number of ether oxygens (including phenoxy) is 2. The van der Waals surface area contributed by atoms with Gasteiger partial charge in [-0.05, 0) is 31.6 Å². The number of hydrogen-bond donors (Lipinski definition) is 1. The van der Waals surface area contributed by atoms with Crippen LogP contribution in [0.2, 0.25) is 0 Å². The van der Waals surface area contributed by atoms with Crippen molar-refractivity contribution in [2.24, 2.45) is 0 Å². The monoisotopic (exact) mass is 432 g/mol. The van der Waals surface area contributed by atoms with Crippen LogP contribution in [0, 0.1) is 11.3 Å². The van der Waals surface area contributed by atoms with Crippen molar-refractivity contribution in [2.75, 3.05) is 13.2 Å². The Hall–Kier alpha value is -4.05. The fourth-order valence-electron chi connectivity index (χ4n) is 3.52. The van der Waals surface area contributed by atoms with Gasteiger partial charge >= 0.3 is 11.9 Å². The first-order valence-corrected chi connectivity index (χ1v) is 10.2. The van der Waals surface area contributed by atoms with E-state index in [-0.39, 0.29) is 25.2 Å². The molecule has 2 aromatic rings. The second kappa shape index (κ2) is 10.8. The summed E-state index contributed by atoms with van der Waals surface area (Å²) in [5.74, 6) is -1.86. The maximum absolute atomic E-state index is 13.1. The minimum Gasteiger partial charge on any atom is -0.472 e. The molecule has 1 atom stereocenters. The second-order valence-corrected chi connectivity index (χ2v) is 7.15. The standard InChI is InChI=1S/C25H24N2O5/c1-17-21(24(28)31-13-6-10-19-8-4-3-5-9-19)23(20-11-15-30-16-20)22(18(2)27-17)25(29)32-14-7-12-26/h3-6,8-11,15-16,23,27H,7,13-14H2,1-2H3. The Kier molecular flexibility index (Phi) is 7.65. The van der Waals surface area contributed by atoms with Crippen molar-refractivity contribution in [1.82, 2.24) is 5.32 Å². The Morgan fingerprint density at radius 2 is 1.78 bits per heavy atom. The van der Waals surface area contributed by atoms with Gasteiger partial charge in [0.15, 0.2) is 0 Å². The van der Waals surface area contributed by atoms with E-state index in [1.165, 1.54) is 12.5 Å². The largest absolute Gasteiger partial charge is 0.472 e.